The summed E-state index contributed by atoms with van der Waals surface area (Å²) in [6.45, 7) is 0.333. The average molecular weight is 486 g/mol. The highest BCUT2D eigenvalue weighted by atomic mass is 35.5. The van der Waals surface area contributed by atoms with Crippen LogP contribution in [0.4, 0.5) is 0 Å². The molecular weight excluding hydrogens is 458 g/mol. The molecular formula is C24H28ClN5O2S. The minimum atomic E-state index is -0.189. The molecule has 9 heteroatoms. The Morgan fingerprint density at radius 2 is 1.79 bits per heavy atom. The molecule has 2 heterocycles. The van der Waals surface area contributed by atoms with Crippen LogP contribution in [-0.4, -0.2) is 23.9 Å². The third-order valence-electron chi connectivity index (χ3n) is 6.87. The molecule has 2 aromatic heterocycles. The van der Waals surface area contributed by atoms with Crippen molar-refractivity contribution in [1.29, 1.82) is 0 Å². The van der Waals surface area contributed by atoms with Gasteiger partial charge in [0.25, 0.3) is 5.56 Å². The molecule has 0 N–H and O–H groups in total. The SMILES string of the molecule is Cn1c(Cn2c3c(c(=O)n(C4CCCCC4)c2=O)CCC3)nnc1SCc1ccc(Cl)cc1. The second-order valence-corrected chi connectivity index (χ2v) is 10.4. The van der Waals surface area contributed by atoms with Gasteiger partial charge in [-0.1, -0.05) is 54.8 Å². The van der Waals surface area contributed by atoms with Gasteiger partial charge in [0, 0.05) is 35.1 Å². The van der Waals surface area contributed by atoms with Crippen LogP contribution in [0, 0.1) is 0 Å². The second-order valence-electron chi connectivity index (χ2n) is 8.99. The summed E-state index contributed by atoms with van der Waals surface area (Å²) < 4.78 is 5.29. The van der Waals surface area contributed by atoms with Gasteiger partial charge in [-0.15, -0.1) is 10.2 Å². The Morgan fingerprint density at radius 1 is 1.03 bits per heavy atom. The topological polar surface area (TPSA) is 74.7 Å². The quantitative estimate of drug-likeness (QED) is 0.491. The van der Waals surface area contributed by atoms with Crippen molar-refractivity contribution >= 4 is 23.4 Å². The first-order valence-corrected chi connectivity index (χ1v) is 13.0. The van der Waals surface area contributed by atoms with E-state index >= 15 is 0 Å². The fraction of sp³-hybridized carbons (Fsp3) is 0.500. The Kier molecular flexibility index (Phi) is 6.47. The van der Waals surface area contributed by atoms with E-state index in [9.17, 15) is 9.59 Å². The number of fused-ring (bicyclic) bond motifs is 1. The van der Waals surface area contributed by atoms with Crippen LogP contribution in [0.15, 0.2) is 39.0 Å². The maximum Gasteiger partial charge on any atom is 0.331 e. The zero-order valence-electron chi connectivity index (χ0n) is 18.8. The number of thioether (sulfide) groups is 1. The lowest BCUT2D eigenvalue weighted by Crippen LogP contribution is -2.45. The normalized spacial score (nSPS) is 16.3. The molecule has 5 rings (SSSR count). The zero-order chi connectivity index (χ0) is 22.9. The number of aromatic nitrogens is 5. The van der Waals surface area contributed by atoms with Gasteiger partial charge >= 0.3 is 5.69 Å². The summed E-state index contributed by atoms with van der Waals surface area (Å²) >= 11 is 7.57. The molecule has 0 saturated heterocycles. The predicted molar refractivity (Wildman–Crippen MR) is 130 cm³/mol. The largest absolute Gasteiger partial charge is 0.331 e. The molecule has 0 radical (unpaired) electrons. The van der Waals surface area contributed by atoms with E-state index in [-0.39, 0.29) is 17.3 Å². The zero-order valence-corrected chi connectivity index (χ0v) is 20.4. The fourth-order valence-corrected chi connectivity index (χ4v) is 6.05. The highest BCUT2D eigenvalue weighted by Gasteiger charge is 2.28. The fourth-order valence-electron chi connectivity index (χ4n) is 5.04. The van der Waals surface area contributed by atoms with Crippen molar-refractivity contribution in [1.82, 2.24) is 23.9 Å². The van der Waals surface area contributed by atoms with Gasteiger partial charge in [0.1, 0.15) is 0 Å². The number of halogens is 1. The van der Waals surface area contributed by atoms with Crippen molar-refractivity contribution in [3.63, 3.8) is 0 Å². The Labute approximate surface area is 201 Å². The first-order chi connectivity index (χ1) is 16.0. The van der Waals surface area contributed by atoms with Crippen LogP contribution in [0.3, 0.4) is 0 Å². The molecule has 33 heavy (non-hydrogen) atoms. The van der Waals surface area contributed by atoms with E-state index in [0.29, 0.717) is 6.54 Å². The molecule has 7 nitrogen and oxygen atoms in total. The summed E-state index contributed by atoms with van der Waals surface area (Å²) in [6, 6.07) is 7.79. The number of benzene rings is 1. The lowest BCUT2D eigenvalue weighted by Gasteiger charge is -2.25. The molecule has 1 fully saturated rings. The van der Waals surface area contributed by atoms with Crippen LogP contribution < -0.4 is 11.2 Å². The number of nitrogens with zero attached hydrogens (tertiary/aromatic N) is 5. The minimum Gasteiger partial charge on any atom is -0.308 e. The molecule has 0 atom stereocenters. The van der Waals surface area contributed by atoms with Crippen LogP contribution in [0.5, 0.6) is 0 Å². The standard InChI is InChI=1S/C24H28ClN5O2S/c1-28-21(26-27-23(28)33-15-16-10-12-17(25)13-11-16)14-29-20-9-5-8-19(20)22(31)30(24(29)32)18-6-3-2-4-7-18/h10-13,18H,2-9,14-15H2,1H3. The van der Waals surface area contributed by atoms with Gasteiger partial charge in [0.15, 0.2) is 11.0 Å². The number of hydrogen-bond donors (Lipinski definition) is 0. The molecule has 2 aliphatic rings. The average Bonchev–Trinajstić information content (AvgIpc) is 3.45. The van der Waals surface area contributed by atoms with Crippen molar-refractivity contribution < 1.29 is 0 Å². The molecule has 0 aliphatic heterocycles. The van der Waals surface area contributed by atoms with Gasteiger partial charge in [0.05, 0.1) is 6.54 Å². The Balaban J connectivity index is 1.44. The number of rotatable bonds is 6. The minimum absolute atomic E-state index is 0.0147. The third-order valence-corrected chi connectivity index (χ3v) is 8.22. The van der Waals surface area contributed by atoms with Crippen LogP contribution in [0.25, 0.3) is 0 Å². The van der Waals surface area contributed by atoms with E-state index in [4.69, 9.17) is 11.6 Å². The van der Waals surface area contributed by atoms with E-state index in [1.165, 1.54) is 6.42 Å². The molecule has 0 amide bonds. The van der Waals surface area contributed by atoms with Crippen molar-refractivity contribution in [3.8, 4) is 0 Å². The van der Waals surface area contributed by atoms with Gasteiger partial charge in [-0.2, -0.15) is 0 Å². The molecule has 0 bridgehead atoms. The summed E-state index contributed by atoms with van der Waals surface area (Å²) in [6.07, 6.45) is 7.58. The van der Waals surface area contributed by atoms with E-state index < -0.39 is 0 Å². The second kappa shape index (κ2) is 9.50. The number of hydrogen-bond acceptors (Lipinski definition) is 5. The molecule has 0 unspecified atom stereocenters. The van der Waals surface area contributed by atoms with Crippen molar-refractivity contribution in [2.75, 3.05) is 0 Å². The van der Waals surface area contributed by atoms with Crippen molar-refractivity contribution in [3.05, 3.63) is 72.8 Å². The van der Waals surface area contributed by atoms with Gasteiger partial charge in [0.2, 0.25) is 0 Å². The first kappa shape index (κ1) is 22.5. The van der Waals surface area contributed by atoms with Crippen LogP contribution in [-0.2, 0) is 32.2 Å². The highest BCUT2D eigenvalue weighted by molar-refractivity contribution is 7.98. The van der Waals surface area contributed by atoms with Crippen LogP contribution in [0.2, 0.25) is 5.02 Å². The summed E-state index contributed by atoms with van der Waals surface area (Å²) in [5.41, 5.74) is 2.61. The van der Waals surface area contributed by atoms with Gasteiger partial charge < -0.3 is 4.57 Å². The lowest BCUT2D eigenvalue weighted by molar-refractivity contribution is 0.327. The molecule has 1 saturated carbocycles. The van der Waals surface area contributed by atoms with E-state index in [1.807, 2.05) is 35.9 Å². The van der Waals surface area contributed by atoms with E-state index in [1.54, 1.807) is 20.9 Å². The van der Waals surface area contributed by atoms with Crippen molar-refractivity contribution in [2.45, 2.75) is 74.9 Å². The highest BCUT2D eigenvalue weighted by Crippen LogP contribution is 2.27. The van der Waals surface area contributed by atoms with E-state index in [0.717, 1.165) is 83.5 Å². The molecule has 2 aliphatic carbocycles. The summed E-state index contributed by atoms with van der Waals surface area (Å²) in [5.74, 6) is 1.48. The van der Waals surface area contributed by atoms with Gasteiger partial charge in [-0.3, -0.25) is 13.9 Å². The summed E-state index contributed by atoms with van der Waals surface area (Å²) in [5, 5.41) is 10.3. The Bertz CT molecular complexity index is 1270. The first-order valence-electron chi connectivity index (χ1n) is 11.7. The maximum atomic E-state index is 13.6. The summed E-state index contributed by atoms with van der Waals surface area (Å²) in [4.78, 5) is 26.8. The molecule has 0 spiro atoms. The third kappa shape index (κ3) is 4.43. The van der Waals surface area contributed by atoms with Gasteiger partial charge in [-0.05, 0) is 49.8 Å². The van der Waals surface area contributed by atoms with E-state index in [2.05, 4.69) is 10.2 Å². The van der Waals surface area contributed by atoms with Crippen LogP contribution in [0.1, 0.15) is 67.2 Å². The molecule has 3 aromatic rings. The smallest absolute Gasteiger partial charge is 0.308 e. The lowest BCUT2D eigenvalue weighted by atomic mass is 9.95. The molecule has 1 aromatic carbocycles. The Morgan fingerprint density at radius 3 is 2.55 bits per heavy atom. The summed E-state index contributed by atoms with van der Waals surface area (Å²) in [7, 11) is 1.93. The predicted octanol–water partition coefficient (Wildman–Crippen LogP) is 4.13. The Hall–Kier alpha value is -2.32. The van der Waals surface area contributed by atoms with Gasteiger partial charge in [-0.25, -0.2) is 4.79 Å². The van der Waals surface area contributed by atoms with Crippen molar-refractivity contribution in [2.24, 2.45) is 7.05 Å². The maximum absolute atomic E-state index is 13.6. The molecule has 174 valence electrons. The van der Waals surface area contributed by atoms with Crippen LogP contribution >= 0.6 is 23.4 Å². The monoisotopic (exact) mass is 485 g/mol.